The largest absolute Gasteiger partial charge is 0.457 e. The van der Waals surface area contributed by atoms with Crippen LogP contribution in [0.1, 0.15) is 53.2 Å². The molecule has 1 aliphatic carbocycles. The third-order valence-electron chi connectivity index (χ3n) is 6.14. The molecule has 0 spiro atoms. The van der Waals surface area contributed by atoms with Crippen molar-refractivity contribution in [3.05, 3.63) is 64.7 Å². The molecule has 156 valence electrons. The number of ketones is 1. The van der Waals surface area contributed by atoms with Crippen LogP contribution in [0.15, 0.2) is 42.5 Å². The highest BCUT2D eigenvalue weighted by Crippen LogP contribution is 2.29. The Balaban J connectivity index is 1.36. The molecule has 0 aromatic heterocycles. The van der Waals surface area contributed by atoms with Crippen molar-refractivity contribution in [2.75, 3.05) is 18.1 Å². The molecule has 2 aromatic carbocycles. The van der Waals surface area contributed by atoms with Crippen LogP contribution >= 0.6 is 0 Å². The molecular formula is C25H27NO4. The lowest BCUT2D eigenvalue weighted by atomic mass is 9.90. The quantitative estimate of drug-likeness (QED) is 0.540. The topological polar surface area (TPSA) is 63.7 Å². The molecule has 0 N–H and O–H groups in total. The van der Waals surface area contributed by atoms with Crippen LogP contribution in [0.25, 0.3) is 0 Å². The molecule has 1 heterocycles. The fraction of sp³-hybridized carbons (Fsp3) is 0.400. The van der Waals surface area contributed by atoms with Crippen LogP contribution in [0.4, 0.5) is 5.69 Å². The smallest absolute Gasteiger partial charge is 0.311 e. The van der Waals surface area contributed by atoms with Gasteiger partial charge in [0.25, 0.3) is 0 Å². The minimum absolute atomic E-state index is 0.0844. The predicted octanol–water partition coefficient (Wildman–Crippen LogP) is 3.91. The Kier molecular flexibility index (Phi) is 5.98. The van der Waals surface area contributed by atoms with Gasteiger partial charge in [-0.25, -0.2) is 0 Å². The van der Waals surface area contributed by atoms with Gasteiger partial charge in [-0.15, -0.1) is 0 Å². The number of rotatable bonds is 6. The summed E-state index contributed by atoms with van der Waals surface area (Å²) in [7, 11) is 0. The van der Waals surface area contributed by atoms with Crippen LogP contribution in [0.5, 0.6) is 0 Å². The molecule has 0 saturated carbocycles. The van der Waals surface area contributed by atoms with Gasteiger partial charge in [0.1, 0.15) is 0 Å². The molecule has 1 amide bonds. The van der Waals surface area contributed by atoms with Crippen LogP contribution in [-0.2, 0) is 33.6 Å². The SMILES string of the molecule is CCc1ccccc1N1C[C@@H](C(=O)OCC(=O)c2ccc3c(c2)CCCC3)CC1=O. The van der Waals surface area contributed by atoms with Gasteiger partial charge in [-0.05, 0) is 60.9 Å². The van der Waals surface area contributed by atoms with E-state index in [9.17, 15) is 14.4 Å². The lowest BCUT2D eigenvalue weighted by molar-refractivity contribution is -0.147. The molecule has 5 heteroatoms. The number of hydrogen-bond acceptors (Lipinski definition) is 4. The van der Waals surface area contributed by atoms with Crippen molar-refractivity contribution in [3.63, 3.8) is 0 Å². The number of aryl methyl sites for hydroxylation is 3. The van der Waals surface area contributed by atoms with Gasteiger partial charge in [0.2, 0.25) is 5.91 Å². The van der Waals surface area contributed by atoms with Gasteiger partial charge in [0.05, 0.1) is 5.92 Å². The number of carbonyl (C=O) groups excluding carboxylic acids is 3. The summed E-state index contributed by atoms with van der Waals surface area (Å²) >= 11 is 0. The summed E-state index contributed by atoms with van der Waals surface area (Å²) < 4.78 is 5.31. The molecule has 0 unspecified atom stereocenters. The number of ether oxygens (including phenoxy) is 1. The zero-order valence-corrected chi connectivity index (χ0v) is 17.4. The first-order valence-corrected chi connectivity index (χ1v) is 10.8. The molecular weight excluding hydrogens is 378 g/mol. The van der Waals surface area contributed by atoms with E-state index in [2.05, 4.69) is 0 Å². The average molecular weight is 405 g/mol. The van der Waals surface area contributed by atoms with Crippen molar-refractivity contribution in [2.45, 2.75) is 45.4 Å². The van der Waals surface area contributed by atoms with E-state index >= 15 is 0 Å². The van der Waals surface area contributed by atoms with Gasteiger partial charge < -0.3 is 9.64 Å². The highest BCUT2D eigenvalue weighted by atomic mass is 16.5. The number of Topliss-reactive ketones (excluding diaryl/α,β-unsaturated/α-hetero) is 1. The summed E-state index contributed by atoms with van der Waals surface area (Å²) in [5.74, 6) is -1.31. The summed E-state index contributed by atoms with van der Waals surface area (Å²) in [4.78, 5) is 39.2. The van der Waals surface area contributed by atoms with Crippen molar-refractivity contribution in [2.24, 2.45) is 5.92 Å². The van der Waals surface area contributed by atoms with E-state index in [1.807, 2.05) is 49.4 Å². The number of esters is 1. The zero-order chi connectivity index (χ0) is 21.1. The second-order valence-corrected chi connectivity index (χ2v) is 8.11. The van der Waals surface area contributed by atoms with Crippen LogP contribution in [-0.4, -0.2) is 30.8 Å². The maximum Gasteiger partial charge on any atom is 0.311 e. The van der Waals surface area contributed by atoms with E-state index in [0.717, 1.165) is 36.9 Å². The van der Waals surface area contributed by atoms with Crippen molar-refractivity contribution in [3.8, 4) is 0 Å². The van der Waals surface area contributed by atoms with E-state index < -0.39 is 11.9 Å². The summed E-state index contributed by atoms with van der Waals surface area (Å²) in [5, 5.41) is 0. The fourth-order valence-electron chi connectivity index (χ4n) is 4.42. The molecule has 1 saturated heterocycles. The Morgan fingerprint density at radius 2 is 1.83 bits per heavy atom. The van der Waals surface area contributed by atoms with Gasteiger partial charge in [0.15, 0.2) is 12.4 Å². The number of hydrogen-bond donors (Lipinski definition) is 0. The number of nitrogens with zero attached hydrogens (tertiary/aromatic N) is 1. The molecule has 30 heavy (non-hydrogen) atoms. The zero-order valence-electron chi connectivity index (χ0n) is 17.4. The summed E-state index contributed by atoms with van der Waals surface area (Å²) in [5.41, 5.74) is 5.05. The highest BCUT2D eigenvalue weighted by Gasteiger charge is 2.37. The Hall–Kier alpha value is -2.95. The number of fused-ring (bicyclic) bond motifs is 1. The molecule has 1 atom stereocenters. The molecule has 2 aromatic rings. The van der Waals surface area contributed by atoms with Crippen molar-refractivity contribution >= 4 is 23.3 Å². The fourth-order valence-corrected chi connectivity index (χ4v) is 4.42. The highest BCUT2D eigenvalue weighted by molar-refractivity contribution is 6.01. The maximum absolute atomic E-state index is 12.5. The first-order valence-electron chi connectivity index (χ1n) is 10.8. The van der Waals surface area contributed by atoms with Crippen LogP contribution in [0.3, 0.4) is 0 Å². The molecule has 2 aliphatic rings. The summed E-state index contributed by atoms with van der Waals surface area (Å²) in [6, 6.07) is 13.5. The number of anilines is 1. The van der Waals surface area contributed by atoms with Crippen LogP contribution < -0.4 is 4.90 Å². The van der Waals surface area contributed by atoms with Gasteiger partial charge in [0, 0.05) is 24.2 Å². The second kappa shape index (κ2) is 8.82. The van der Waals surface area contributed by atoms with Crippen molar-refractivity contribution in [1.29, 1.82) is 0 Å². The number of benzene rings is 2. The number of carbonyl (C=O) groups is 3. The predicted molar refractivity (Wildman–Crippen MR) is 115 cm³/mol. The summed E-state index contributed by atoms with van der Waals surface area (Å²) in [6.07, 6.45) is 5.32. The van der Waals surface area contributed by atoms with Gasteiger partial charge in [-0.1, -0.05) is 37.3 Å². The Morgan fingerprint density at radius 3 is 2.63 bits per heavy atom. The molecule has 4 rings (SSSR count). The molecule has 0 bridgehead atoms. The van der Waals surface area contributed by atoms with E-state index in [0.29, 0.717) is 12.1 Å². The Labute approximate surface area is 177 Å². The second-order valence-electron chi connectivity index (χ2n) is 8.11. The minimum Gasteiger partial charge on any atom is -0.457 e. The standard InChI is InChI=1S/C25H27NO4/c1-2-17-7-5-6-10-22(17)26-15-21(14-24(26)28)25(29)30-16-23(27)20-12-11-18-8-3-4-9-19(18)13-20/h5-7,10-13,21H,2-4,8-9,14-16H2,1H3/t21-/m0/s1. The lowest BCUT2D eigenvalue weighted by Gasteiger charge is -2.19. The minimum atomic E-state index is -0.543. The third kappa shape index (κ3) is 4.16. The summed E-state index contributed by atoms with van der Waals surface area (Å²) in [6.45, 7) is 2.05. The van der Waals surface area contributed by atoms with Gasteiger partial charge >= 0.3 is 5.97 Å². The molecule has 5 nitrogen and oxygen atoms in total. The number of para-hydroxylation sites is 1. The maximum atomic E-state index is 12.5. The molecule has 1 fully saturated rings. The van der Waals surface area contributed by atoms with Crippen molar-refractivity contribution < 1.29 is 19.1 Å². The Bertz CT molecular complexity index is 981. The van der Waals surface area contributed by atoms with E-state index in [1.165, 1.54) is 17.5 Å². The Morgan fingerprint density at radius 1 is 1.07 bits per heavy atom. The van der Waals surface area contributed by atoms with Gasteiger partial charge in [-0.2, -0.15) is 0 Å². The van der Waals surface area contributed by atoms with Crippen LogP contribution in [0, 0.1) is 5.92 Å². The number of amides is 1. The molecule has 0 radical (unpaired) electrons. The first-order chi connectivity index (χ1) is 14.6. The average Bonchev–Trinajstić information content (AvgIpc) is 3.18. The monoisotopic (exact) mass is 405 g/mol. The first kappa shape index (κ1) is 20.3. The van der Waals surface area contributed by atoms with E-state index in [1.54, 1.807) is 4.90 Å². The van der Waals surface area contributed by atoms with Crippen LogP contribution in [0.2, 0.25) is 0 Å². The van der Waals surface area contributed by atoms with Crippen molar-refractivity contribution in [1.82, 2.24) is 0 Å². The molecule has 1 aliphatic heterocycles. The van der Waals surface area contributed by atoms with E-state index in [-0.39, 0.29) is 24.7 Å². The lowest BCUT2D eigenvalue weighted by Crippen LogP contribution is -2.28. The third-order valence-corrected chi connectivity index (χ3v) is 6.14. The van der Waals surface area contributed by atoms with E-state index in [4.69, 9.17) is 4.74 Å². The normalized spacial score (nSPS) is 18.2. The van der Waals surface area contributed by atoms with Gasteiger partial charge in [-0.3, -0.25) is 14.4 Å².